The van der Waals surface area contributed by atoms with Crippen molar-refractivity contribution >= 4 is 17.9 Å². The Morgan fingerprint density at radius 1 is 1.38 bits per heavy atom. The van der Waals surface area contributed by atoms with Gasteiger partial charge >= 0.3 is 0 Å². The van der Waals surface area contributed by atoms with Gasteiger partial charge < -0.3 is 4.74 Å². The Morgan fingerprint density at radius 3 is 2.62 bits per heavy atom. The molecule has 0 aliphatic rings. The number of hydrogen-bond donors (Lipinski definition) is 0. The largest absolute Gasteiger partial charge is 0.488 e. The van der Waals surface area contributed by atoms with E-state index in [1.807, 2.05) is 6.92 Å². The number of halogens is 1. The van der Waals surface area contributed by atoms with Gasteiger partial charge in [-0.3, -0.25) is 4.79 Å². The minimum atomic E-state index is 0.0543. The number of rotatable bonds is 5. The fraction of sp³-hybridized carbons (Fsp3) is 0.462. The van der Waals surface area contributed by atoms with Gasteiger partial charge in [-0.2, -0.15) is 0 Å². The summed E-state index contributed by atoms with van der Waals surface area (Å²) in [7, 11) is 0. The molecule has 0 aromatic heterocycles. The zero-order chi connectivity index (χ0) is 12.1. The van der Waals surface area contributed by atoms with Crippen LogP contribution in [0.2, 0.25) is 5.02 Å². The monoisotopic (exact) mass is 240 g/mol. The summed E-state index contributed by atoms with van der Waals surface area (Å²) in [6.45, 7) is 6.25. The molecule has 0 spiro atoms. The summed E-state index contributed by atoms with van der Waals surface area (Å²) in [5, 5.41) is 0.486. The lowest BCUT2D eigenvalue weighted by molar-refractivity contribution is 0.111. The molecule has 88 valence electrons. The van der Waals surface area contributed by atoms with Crippen LogP contribution in [-0.2, 0) is 0 Å². The first-order valence-electron chi connectivity index (χ1n) is 5.45. The van der Waals surface area contributed by atoms with E-state index in [9.17, 15) is 4.79 Å². The lowest BCUT2D eigenvalue weighted by Gasteiger charge is -2.18. The Balaban J connectivity index is 2.83. The van der Waals surface area contributed by atoms with Crippen LogP contribution in [0.15, 0.2) is 18.2 Å². The van der Waals surface area contributed by atoms with E-state index in [0.29, 0.717) is 22.3 Å². The van der Waals surface area contributed by atoms with Crippen LogP contribution in [0, 0.1) is 5.92 Å². The quantitative estimate of drug-likeness (QED) is 0.728. The average Bonchev–Trinajstić information content (AvgIpc) is 2.20. The average molecular weight is 241 g/mol. The van der Waals surface area contributed by atoms with Gasteiger partial charge in [0.25, 0.3) is 0 Å². The van der Waals surface area contributed by atoms with Crippen LogP contribution in [0.3, 0.4) is 0 Å². The standard InChI is InChI=1S/C13H17ClO2/c1-9(2)7-10(3)16-13-11(8-15)5-4-6-12(13)14/h4-6,8-10H,7H2,1-3H3. The van der Waals surface area contributed by atoms with Gasteiger partial charge in [0.2, 0.25) is 0 Å². The molecule has 0 amide bonds. The molecule has 0 saturated carbocycles. The number of carbonyl (C=O) groups excluding carboxylic acids is 1. The third kappa shape index (κ3) is 3.53. The van der Waals surface area contributed by atoms with Crippen LogP contribution in [0.4, 0.5) is 0 Å². The molecule has 0 heterocycles. The lowest BCUT2D eigenvalue weighted by Crippen LogP contribution is -2.15. The topological polar surface area (TPSA) is 26.3 Å². The summed E-state index contributed by atoms with van der Waals surface area (Å²) in [6, 6.07) is 5.17. The predicted octanol–water partition coefficient (Wildman–Crippen LogP) is 3.97. The maximum absolute atomic E-state index is 10.8. The number of benzene rings is 1. The number of para-hydroxylation sites is 1. The SMILES string of the molecule is CC(C)CC(C)Oc1c(Cl)cccc1C=O. The molecule has 3 heteroatoms. The molecule has 0 saturated heterocycles. The summed E-state index contributed by atoms with van der Waals surface area (Å²) < 4.78 is 5.71. The van der Waals surface area contributed by atoms with E-state index in [2.05, 4.69) is 13.8 Å². The van der Waals surface area contributed by atoms with Crippen molar-refractivity contribution in [3.8, 4) is 5.75 Å². The van der Waals surface area contributed by atoms with E-state index in [4.69, 9.17) is 16.3 Å². The first-order chi connectivity index (χ1) is 7.54. The van der Waals surface area contributed by atoms with Crippen molar-refractivity contribution in [2.45, 2.75) is 33.3 Å². The van der Waals surface area contributed by atoms with Gasteiger partial charge in [0.1, 0.15) is 5.75 Å². The van der Waals surface area contributed by atoms with Crippen molar-refractivity contribution in [3.63, 3.8) is 0 Å². The van der Waals surface area contributed by atoms with E-state index in [1.54, 1.807) is 18.2 Å². The molecule has 1 atom stereocenters. The second kappa shape index (κ2) is 5.90. The van der Waals surface area contributed by atoms with Gasteiger partial charge in [-0.05, 0) is 31.4 Å². The Morgan fingerprint density at radius 2 is 2.06 bits per heavy atom. The van der Waals surface area contributed by atoms with Crippen LogP contribution < -0.4 is 4.74 Å². The minimum absolute atomic E-state index is 0.0543. The van der Waals surface area contributed by atoms with Crippen molar-refractivity contribution in [2.75, 3.05) is 0 Å². The molecule has 1 aromatic carbocycles. The Hall–Kier alpha value is -1.02. The number of carbonyl (C=O) groups is 1. The van der Waals surface area contributed by atoms with Gasteiger partial charge in [0.05, 0.1) is 16.7 Å². The molecule has 0 radical (unpaired) electrons. The normalized spacial score (nSPS) is 12.6. The summed E-state index contributed by atoms with van der Waals surface area (Å²) in [4.78, 5) is 10.8. The molecule has 0 bridgehead atoms. The third-order valence-corrected chi connectivity index (χ3v) is 2.54. The smallest absolute Gasteiger partial charge is 0.153 e. The van der Waals surface area contributed by atoms with Gasteiger partial charge in [0, 0.05) is 0 Å². The van der Waals surface area contributed by atoms with Crippen molar-refractivity contribution in [1.82, 2.24) is 0 Å². The molecule has 1 aromatic rings. The van der Waals surface area contributed by atoms with Crippen LogP contribution >= 0.6 is 11.6 Å². The molecule has 1 rings (SSSR count). The number of ether oxygens (including phenoxy) is 1. The van der Waals surface area contributed by atoms with Crippen LogP contribution in [-0.4, -0.2) is 12.4 Å². The first-order valence-corrected chi connectivity index (χ1v) is 5.82. The highest BCUT2D eigenvalue weighted by Gasteiger charge is 2.12. The third-order valence-electron chi connectivity index (χ3n) is 2.25. The first kappa shape index (κ1) is 13.0. The van der Waals surface area contributed by atoms with Crippen LogP contribution in [0.25, 0.3) is 0 Å². The van der Waals surface area contributed by atoms with Crippen LogP contribution in [0.1, 0.15) is 37.6 Å². The zero-order valence-electron chi connectivity index (χ0n) is 9.87. The predicted molar refractivity (Wildman–Crippen MR) is 66.4 cm³/mol. The molecule has 0 aliphatic heterocycles. The summed E-state index contributed by atoms with van der Waals surface area (Å²) in [6.07, 6.45) is 1.76. The molecule has 2 nitrogen and oxygen atoms in total. The molecule has 0 N–H and O–H groups in total. The highest BCUT2D eigenvalue weighted by Crippen LogP contribution is 2.29. The van der Waals surface area contributed by atoms with E-state index < -0.39 is 0 Å². The van der Waals surface area contributed by atoms with Gasteiger partial charge in [-0.15, -0.1) is 0 Å². The van der Waals surface area contributed by atoms with E-state index >= 15 is 0 Å². The van der Waals surface area contributed by atoms with E-state index in [1.165, 1.54) is 0 Å². The summed E-state index contributed by atoms with van der Waals surface area (Å²) >= 11 is 6.00. The maximum Gasteiger partial charge on any atom is 0.153 e. The van der Waals surface area contributed by atoms with Gasteiger partial charge in [-0.25, -0.2) is 0 Å². The molecule has 0 fully saturated rings. The van der Waals surface area contributed by atoms with E-state index in [-0.39, 0.29) is 6.10 Å². The lowest BCUT2D eigenvalue weighted by atomic mass is 10.1. The van der Waals surface area contributed by atoms with Crippen molar-refractivity contribution < 1.29 is 9.53 Å². The van der Waals surface area contributed by atoms with E-state index in [0.717, 1.165) is 12.7 Å². The van der Waals surface area contributed by atoms with Crippen molar-refractivity contribution in [2.24, 2.45) is 5.92 Å². The second-order valence-electron chi connectivity index (χ2n) is 4.33. The zero-order valence-corrected chi connectivity index (χ0v) is 10.6. The molecule has 1 unspecified atom stereocenters. The van der Waals surface area contributed by atoms with Crippen LogP contribution in [0.5, 0.6) is 5.75 Å². The second-order valence-corrected chi connectivity index (χ2v) is 4.74. The molecule has 16 heavy (non-hydrogen) atoms. The molecular formula is C13H17ClO2. The highest BCUT2D eigenvalue weighted by molar-refractivity contribution is 6.32. The Labute approximate surface area is 102 Å². The number of aldehydes is 1. The Bertz CT molecular complexity index is 361. The Kier molecular flexibility index (Phi) is 4.81. The highest BCUT2D eigenvalue weighted by atomic mass is 35.5. The summed E-state index contributed by atoms with van der Waals surface area (Å²) in [5.41, 5.74) is 0.503. The van der Waals surface area contributed by atoms with Gasteiger partial charge in [0.15, 0.2) is 6.29 Å². The fourth-order valence-corrected chi connectivity index (χ4v) is 1.88. The molecular weight excluding hydrogens is 224 g/mol. The maximum atomic E-state index is 10.8. The fourth-order valence-electron chi connectivity index (χ4n) is 1.66. The van der Waals surface area contributed by atoms with Crippen molar-refractivity contribution in [3.05, 3.63) is 28.8 Å². The molecule has 0 aliphatic carbocycles. The van der Waals surface area contributed by atoms with Gasteiger partial charge in [-0.1, -0.05) is 31.5 Å². The number of hydrogen-bond acceptors (Lipinski definition) is 2. The summed E-state index contributed by atoms with van der Waals surface area (Å²) in [5.74, 6) is 1.05. The van der Waals surface area contributed by atoms with Crippen molar-refractivity contribution in [1.29, 1.82) is 0 Å². The minimum Gasteiger partial charge on any atom is -0.488 e.